The van der Waals surface area contributed by atoms with E-state index in [4.69, 9.17) is 9.26 Å². The van der Waals surface area contributed by atoms with Crippen LogP contribution >= 0.6 is 0 Å². The third kappa shape index (κ3) is 2.83. The minimum Gasteiger partial charge on any atom is -0.391 e. The standard InChI is InChI=1S/C11H16N2O4/c1-16-7-9-5-10(12-17-9)11(15)13-4-2-3-8(14)6-13/h5,8,14H,2-4,6-7H2,1H3/t8-/m0/s1. The zero-order valence-corrected chi connectivity index (χ0v) is 9.76. The highest BCUT2D eigenvalue weighted by Crippen LogP contribution is 2.14. The number of piperidine rings is 1. The van der Waals surface area contributed by atoms with Gasteiger partial charge in [-0.3, -0.25) is 4.79 Å². The van der Waals surface area contributed by atoms with E-state index in [1.165, 1.54) is 0 Å². The smallest absolute Gasteiger partial charge is 0.276 e. The fraction of sp³-hybridized carbons (Fsp3) is 0.636. The lowest BCUT2D eigenvalue weighted by Gasteiger charge is -2.29. The van der Waals surface area contributed by atoms with E-state index >= 15 is 0 Å². The molecule has 0 bridgehead atoms. The third-order valence-electron chi connectivity index (χ3n) is 2.75. The van der Waals surface area contributed by atoms with E-state index in [1.54, 1.807) is 18.1 Å². The summed E-state index contributed by atoms with van der Waals surface area (Å²) in [7, 11) is 1.55. The van der Waals surface area contributed by atoms with Crippen LogP contribution in [0, 0.1) is 0 Å². The molecule has 6 nitrogen and oxygen atoms in total. The van der Waals surface area contributed by atoms with Crippen LogP contribution in [0.1, 0.15) is 29.1 Å². The number of likely N-dealkylation sites (tertiary alicyclic amines) is 1. The lowest BCUT2D eigenvalue weighted by Crippen LogP contribution is -2.42. The summed E-state index contributed by atoms with van der Waals surface area (Å²) >= 11 is 0. The Hall–Kier alpha value is -1.40. The van der Waals surface area contributed by atoms with Gasteiger partial charge in [0, 0.05) is 26.3 Å². The van der Waals surface area contributed by atoms with Gasteiger partial charge >= 0.3 is 0 Å². The number of amides is 1. The summed E-state index contributed by atoms with van der Waals surface area (Å²) in [5, 5.41) is 13.2. The first-order valence-electron chi connectivity index (χ1n) is 5.62. The van der Waals surface area contributed by atoms with Crippen LogP contribution in [0.5, 0.6) is 0 Å². The first kappa shape index (κ1) is 12.1. The molecule has 2 rings (SSSR count). The molecule has 1 aromatic rings. The lowest BCUT2D eigenvalue weighted by atomic mass is 10.1. The molecule has 0 unspecified atom stereocenters. The van der Waals surface area contributed by atoms with Crippen LogP contribution in [0.4, 0.5) is 0 Å². The largest absolute Gasteiger partial charge is 0.391 e. The van der Waals surface area contributed by atoms with Gasteiger partial charge in [0.05, 0.1) is 6.10 Å². The lowest BCUT2D eigenvalue weighted by molar-refractivity contribution is 0.0465. The Morgan fingerprint density at radius 3 is 3.29 bits per heavy atom. The fourth-order valence-electron chi connectivity index (χ4n) is 1.93. The molecule has 0 aliphatic carbocycles. The molecule has 1 aliphatic rings. The highest BCUT2D eigenvalue weighted by Gasteiger charge is 2.25. The summed E-state index contributed by atoms with van der Waals surface area (Å²) in [6.45, 7) is 1.32. The van der Waals surface area contributed by atoms with Crippen LogP contribution in [0.15, 0.2) is 10.6 Å². The number of carbonyl (C=O) groups excluding carboxylic acids is 1. The molecule has 0 spiro atoms. The van der Waals surface area contributed by atoms with E-state index in [-0.39, 0.29) is 11.6 Å². The number of β-amino-alcohol motifs (C(OH)–C–C–N with tert-alkyl or cyclic N) is 1. The van der Waals surface area contributed by atoms with Crippen molar-refractivity contribution in [3.63, 3.8) is 0 Å². The predicted molar refractivity (Wildman–Crippen MR) is 58.4 cm³/mol. The first-order chi connectivity index (χ1) is 8.20. The van der Waals surface area contributed by atoms with E-state index in [2.05, 4.69) is 5.16 Å². The van der Waals surface area contributed by atoms with E-state index in [0.717, 1.165) is 12.8 Å². The van der Waals surface area contributed by atoms with Crippen molar-refractivity contribution in [2.45, 2.75) is 25.6 Å². The molecule has 1 fully saturated rings. The SMILES string of the molecule is COCc1cc(C(=O)N2CCC[C@H](O)C2)no1. The Morgan fingerprint density at radius 2 is 2.59 bits per heavy atom. The summed E-state index contributed by atoms with van der Waals surface area (Å²) in [6.07, 6.45) is 1.13. The average molecular weight is 240 g/mol. The molecular formula is C11H16N2O4. The zero-order valence-electron chi connectivity index (χ0n) is 9.76. The van der Waals surface area contributed by atoms with Crippen molar-refractivity contribution >= 4 is 5.91 Å². The van der Waals surface area contributed by atoms with Gasteiger partial charge in [-0.15, -0.1) is 0 Å². The number of hydrogen-bond donors (Lipinski definition) is 1. The Labute approximate surface area is 99.1 Å². The van der Waals surface area contributed by atoms with E-state index in [9.17, 15) is 9.90 Å². The molecule has 0 saturated carbocycles. The summed E-state index contributed by atoms with van der Waals surface area (Å²) in [4.78, 5) is 13.6. The molecule has 1 N–H and O–H groups in total. The first-order valence-corrected chi connectivity index (χ1v) is 5.62. The second-order valence-electron chi connectivity index (χ2n) is 4.16. The number of ether oxygens (including phenoxy) is 1. The Kier molecular flexibility index (Phi) is 3.75. The van der Waals surface area contributed by atoms with E-state index in [1.807, 2.05) is 0 Å². The number of aromatic nitrogens is 1. The molecular weight excluding hydrogens is 224 g/mol. The number of nitrogens with zero attached hydrogens (tertiary/aromatic N) is 2. The molecule has 2 heterocycles. The molecule has 17 heavy (non-hydrogen) atoms. The number of hydrogen-bond acceptors (Lipinski definition) is 5. The minimum atomic E-state index is -0.432. The second-order valence-corrected chi connectivity index (χ2v) is 4.16. The van der Waals surface area contributed by atoms with Gasteiger partial charge in [0.1, 0.15) is 6.61 Å². The summed E-state index contributed by atoms with van der Waals surface area (Å²) < 4.78 is 9.84. The molecule has 1 aliphatic heterocycles. The van der Waals surface area contributed by atoms with Crippen LogP contribution < -0.4 is 0 Å². The van der Waals surface area contributed by atoms with Gasteiger partial charge in [-0.1, -0.05) is 5.16 Å². The third-order valence-corrected chi connectivity index (χ3v) is 2.75. The molecule has 1 amide bonds. The predicted octanol–water partition coefficient (Wildman–Crippen LogP) is 0.418. The van der Waals surface area contributed by atoms with Crippen LogP contribution in [-0.4, -0.2) is 47.4 Å². The van der Waals surface area contributed by atoms with Crippen molar-refractivity contribution < 1.29 is 19.2 Å². The molecule has 1 aromatic heterocycles. The van der Waals surface area contributed by atoms with Crippen molar-refractivity contribution in [3.8, 4) is 0 Å². The Balaban J connectivity index is 2.02. The number of aliphatic hydroxyl groups is 1. The van der Waals surface area contributed by atoms with Crippen molar-refractivity contribution in [2.75, 3.05) is 20.2 Å². The van der Waals surface area contributed by atoms with Crippen LogP contribution in [-0.2, 0) is 11.3 Å². The number of methoxy groups -OCH3 is 1. The summed E-state index contributed by atoms with van der Waals surface area (Å²) in [6, 6.07) is 1.58. The molecule has 0 aromatic carbocycles. The van der Waals surface area contributed by atoms with Crippen molar-refractivity contribution in [2.24, 2.45) is 0 Å². The highest BCUT2D eigenvalue weighted by molar-refractivity contribution is 5.92. The Bertz CT molecular complexity index is 391. The minimum absolute atomic E-state index is 0.199. The highest BCUT2D eigenvalue weighted by atomic mass is 16.5. The number of aliphatic hydroxyl groups excluding tert-OH is 1. The van der Waals surface area contributed by atoms with E-state index < -0.39 is 6.10 Å². The number of rotatable bonds is 3. The normalized spacial score (nSPS) is 20.6. The molecule has 94 valence electrons. The van der Waals surface area contributed by atoms with Gasteiger partial charge in [0.2, 0.25) is 0 Å². The maximum absolute atomic E-state index is 12.0. The molecule has 1 atom stereocenters. The number of carbonyl (C=O) groups is 1. The van der Waals surface area contributed by atoms with Crippen LogP contribution in [0.25, 0.3) is 0 Å². The van der Waals surface area contributed by atoms with Gasteiger partial charge in [0.15, 0.2) is 11.5 Å². The van der Waals surface area contributed by atoms with Crippen molar-refractivity contribution in [3.05, 3.63) is 17.5 Å². The summed E-state index contributed by atoms with van der Waals surface area (Å²) in [5.41, 5.74) is 0.270. The quantitative estimate of drug-likeness (QED) is 0.828. The summed E-state index contributed by atoms with van der Waals surface area (Å²) in [5.74, 6) is 0.322. The van der Waals surface area contributed by atoms with Crippen LogP contribution in [0.3, 0.4) is 0 Å². The van der Waals surface area contributed by atoms with Crippen molar-refractivity contribution in [1.82, 2.24) is 10.1 Å². The van der Waals surface area contributed by atoms with Gasteiger partial charge in [-0.2, -0.15) is 0 Å². The fourth-order valence-corrected chi connectivity index (χ4v) is 1.93. The van der Waals surface area contributed by atoms with Gasteiger partial charge in [-0.25, -0.2) is 0 Å². The van der Waals surface area contributed by atoms with Gasteiger partial charge < -0.3 is 19.3 Å². The van der Waals surface area contributed by atoms with Gasteiger partial charge in [0.25, 0.3) is 5.91 Å². The molecule has 6 heteroatoms. The van der Waals surface area contributed by atoms with Crippen molar-refractivity contribution in [1.29, 1.82) is 0 Å². The zero-order chi connectivity index (χ0) is 12.3. The average Bonchev–Trinajstić information content (AvgIpc) is 2.77. The topological polar surface area (TPSA) is 75.8 Å². The monoisotopic (exact) mass is 240 g/mol. The maximum atomic E-state index is 12.0. The van der Waals surface area contributed by atoms with Gasteiger partial charge in [-0.05, 0) is 12.8 Å². The second kappa shape index (κ2) is 5.29. The molecule has 1 saturated heterocycles. The molecule has 0 radical (unpaired) electrons. The maximum Gasteiger partial charge on any atom is 0.276 e. The van der Waals surface area contributed by atoms with E-state index in [0.29, 0.717) is 25.5 Å². The Morgan fingerprint density at radius 1 is 1.76 bits per heavy atom. The van der Waals surface area contributed by atoms with Crippen LogP contribution in [0.2, 0.25) is 0 Å².